The van der Waals surface area contributed by atoms with Gasteiger partial charge in [-0.15, -0.1) is 21.5 Å². The predicted octanol–water partition coefficient (Wildman–Crippen LogP) is 1.75. The van der Waals surface area contributed by atoms with Gasteiger partial charge in [0.25, 0.3) is 5.89 Å². The molecule has 2 aromatic rings. The van der Waals surface area contributed by atoms with Gasteiger partial charge >= 0.3 is 0 Å². The lowest BCUT2D eigenvalue weighted by Gasteiger charge is -1.95. The number of rotatable bonds is 4. The van der Waals surface area contributed by atoms with E-state index in [0.717, 1.165) is 10.7 Å². The van der Waals surface area contributed by atoms with E-state index in [2.05, 4.69) is 20.5 Å². The highest BCUT2D eigenvalue weighted by atomic mass is 32.1. The van der Waals surface area contributed by atoms with Crippen molar-refractivity contribution in [2.45, 2.75) is 32.4 Å². The van der Waals surface area contributed by atoms with E-state index in [1.54, 1.807) is 11.3 Å². The molecule has 0 amide bonds. The summed E-state index contributed by atoms with van der Waals surface area (Å²) in [5.74, 6) is 1.14. The minimum Gasteiger partial charge on any atom is -0.418 e. The fraction of sp³-hybridized carbons (Fsp3) is 0.500. The van der Waals surface area contributed by atoms with E-state index < -0.39 is 0 Å². The summed E-state index contributed by atoms with van der Waals surface area (Å²) < 4.78 is 5.52. The summed E-state index contributed by atoms with van der Waals surface area (Å²) in [4.78, 5) is 4.30. The molecule has 1 saturated carbocycles. The molecule has 2 heterocycles. The molecule has 6 heteroatoms. The monoisotopic (exact) mass is 236 g/mol. The molecule has 1 fully saturated rings. The molecule has 1 aliphatic carbocycles. The molecule has 5 nitrogen and oxygen atoms in total. The molecular weight excluding hydrogens is 224 g/mol. The number of hydrogen-bond donors (Lipinski definition) is 1. The lowest BCUT2D eigenvalue weighted by Crippen LogP contribution is -2.15. The molecule has 0 aromatic carbocycles. The average Bonchev–Trinajstić information content (AvgIpc) is 2.81. The summed E-state index contributed by atoms with van der Waals surface area (Å²) in [6.45, 7) is 2.61. The maximum absolute atomic E-state index is 5.52. The fourth-order valence-electron chi connectivity index (χ4n) is 1.41. The molecule has 1 N–H and O–H groups in total. The van der Waals surface area contributed by atoms with Gasteiger partial charge in [-0.05, 0) is 19.8 Å². The Labute approximate surface area is 96.9 Å². The summed E-state index contributed by atoms with van der Waals surface area (Å²) in [6, 6.07) is 0.650. The molecule has 0 radical (unpaired) electrons. The maximum atomic E-state index is 5.52. The standard InChI is InChI=1S/C10H12N4OS/c1-6-12-8(5-16-6)10-14-13-9(15-10)4-11-7-2-3-7/h5,7,11H,2-4H2,1H3. The zero-order chi connectivity index (χ0) is 11.0. The molecule has 0 spiro atoms. The molecular formula is C10H12N4OS. The second kappa shape index (κ2) is 3.95. The lowest BCUT2D eigenvalue weighted by molar-refractivity contribution is 0.475. The number of thiazole rings is 1. The molecule has 0 aliphatic heterocycles. The highest BCUT2D eigenvalue weighted by Crippen LogP contribution is 2.21. The molecule has 16 heavy (non-hydrogen) atoms. The third-order valence-corrected chi connectivity index (χ3v) is 3.20. The molecule has 0 saturated heterocycles. The highest BCUT2D eigenvalue weighted by molar-refractivity contribution is 7.09. The van der Waals surface area contributed by atoms with Gasteiger partial charge in [0.1, 0.15) is 5.69 Å². The highest BCUT2D eigenvalue weighted by Gasteiger charge is 2.21. The van der Waals surface area contributed by atoms with Crippen molar-refractivity contribution in [3.8, 4) is 11.6 Å². The minimum absolute atomic E-state index is 0.511. The van der Waals surface area contributed by atoms with Gasteiger partial charge in [-0.2, -0.15) is 0 Å². The summed E-state index contributed by atoms with van der Waals surface area (Å²) >= 11 is 1.58. The van der Waals surface area contributed by atoms with Crippen LogP contribution >= 0.6 is 11.3 Å². The van der Waals surface area contributed by atoms with Crippen LogP contribution < -0.4 is 5.32 Å². The van der Waals surface area contributed by atoms with Crippen molar-refractivity contribution in [3.63, 3.8) is 0 Å². The van der Waals surface area contributed by atoms with Crippen LogP contribution in [0.5, 0.6) is 0 Å². The van der Waals surface area contributed by atoms with E-state index in [1.807, 2.05) is 12.3 Å². The van der Waals surface area contributed by atoms with Crippen molar-refractivity contribution in [1.29, 1.82) is 0 Å². The van der Waals surface area contributed by atoms with Crippen LogP contribution in [0.3, 0.4) is 0 Å². The number of aromatic nitrogens is 3. The Kier molecular flexibility index (Phi) is 2.45. The predicted molar refractivity (Wildman–Crippen MR) is 60.0 cm³/mol. The smallest absolute Gasteiger partial charge is 0.267 e. The van der Waals surface area contributed by atoms with E-state index >= 15 is 0 Å². The molecule has 0 atom stereocenters. The Bertz CT molecular complexity index is 488. The molecule has 84 valence electrons. The maximum Gasteiger partial charge on any atom is 0.267 e. The number of nitrogens with zero attached hydrogens (tertiary/aromatic N) is 3. The van der Waals surface area contributed by atoms with E-state index in [-0.39, 0.29) is 0 Å². The van der Waals surface area contributed by atoms with Crippen molar-refractivity contribution in [2.24, 2.45) is 0 Å². The zero-order valence-corrected chi connectivity index (χ0v) is 9.75. The first-order valence-electron chi connectivity index (χ1n) is 5.29. The Hall–Kier alpha value is -1.27. The fourth-order valence-corrected chi connectivity index (χ4v) is 2.00. The van der Waals surface area contributed by atoms with Crippen LogP contribution in [0.4, 0.5) is 0 Å². The first-order chi connectivity index (χ1) is 7.81. The van der Waals surface area contributed by atoms with Gasteiger partial charge in [-0.1, -0.05) is 0 Å². The summed E-state index contributed by atoms with van der Waals surface area (Å²) in [7, 11) is 0. The summed E-state index contributed by atoms with van der Waals surface area (Å²) in [5, 5.41) is 14.2. The second-order valence-electron chi connectivity index (χ2n) is 3.91. The van der Waals surface area contributed by atoms with Gasteiger partial charge in [0.05, 0.1) is 11.6 Å². The quantitative estimate of drug-likeness (QED) is 0.876. The molecule has 3 rings (SSSR count). The van der Waals surface area contributed by atoms with E-state index in [0.29, 0.717) is 24.4 Å². The number of hydrogen-bond acceptors (Lipinski definition) is 6. The van der Waals surface area contributed by atoms with Gasteiger partial charge in [0.15, 0.2) is 0 Å². The number of aryl methyl sites for hydroxylation is 1. The van der Waals surface area contributed by atoms with Crippen LogP contribution in [0.1, 0.15) is 23.7 Å². The van der Waals surface area contributed by atoms with Gasteiger partial charge in [-0.3, -0.25) is 0 Å². The van der Waals surface area contributed by atoms with Crippen molar-refractivity contribution < 1.29 is 4.42 Å². The molecule has 0 unspecified atom stereocenters. The van der Waals surface area contributed by atoms with Crippen LogP contribution in [0, 0.1) is 6.92 Å². The first-order valence-corrected chi connectivity index (χ1v) is 6.17. The van der Waals surface area contributed by atoms with Crippen molar-refractivity contribution >= 4 is 11.3 Å². The van der Waals surface area contributed by atoms with Gasteiger partial charge in [-0.25, -0.2) is 4.98 Å². The van der Waals surface area contributed by atoms with Crippen molar-refractivity contribution in [2.75, 3.05) is 0 Å². The third-order valence-electron chi connectivity index (χ3n) is 2.42. The Morgan fingerprint density at radius 2 is 2.38 bits per heavy atom. The Balaban J connectivity index is 1.71. The van der Waals surface area contributed by atoms with Gasteiger partial charge in [0.2, 0.25) is 5.89 Å². The topological polar surface area (TPSA) is 63.8 Å². The van der Waals surface area contributed by atoms with Gasteiger partial charge in [0, 0.05) is 11.4 Å². The largest absolute Gasteiger partial charge is 0.418 e. The zero-order valence-electron chi connectivity index (χ0n) is 8.93. The Morgan fingerprint density at radius 3 is 3.06 bits per heavy atom. The van der Waals surface area contributed by atoms with Crippen LogP contribution in [0.2, 0.25) is 0 Å². The normalized spacial score (nSPS) is 15.6. The van der Waals surface area contributed by atoms with Crippen molar-refractivity contribution in [3.05, 3.63) is 16.3 Å². The summed E-state index contributed by atoms with van der Waals surface area (Å²) in [5.41, 5.74) is 0.771. The third kappa shape index (κ3) is 2.12. The second-order valence-corrected chi connectivity index (χ2v) is 4.97. The van der Waals surface area contributed by atoms with E-state index in [9.17, 15) is 0 Å². The average molecular weight is 236 g/mol. The van der Waals surface area contributed by atoms with Crippen molar-refractivity contribution in [1.82, 2.24) is 20.5 Å². The van der Waals surface area contributed by atoms with Crippen LogP contribution in [0.25, 0.3) is 11.6 Å². The molecule has 1 aliphatic rings. The summed E-state index contributed by atoms with van der Waals surface area (Å²) in [6.07, 6.45) is 2.51. The first kappa shape index (κ1) is 9.92. The van der Waals surface area contributed by atoms with Crippen LogP contribution in [-0.2, 0) is 6.54 Å². The Morgan fingerprint density at radius 1 is 1.50 bits per heavy atom. The lowest BCUT2D eigenvalue weighted by atomic mass is 10.5. The van der Waals surface area contributed by atoms with Gasteiger partial charge < -0.3 is 9.73 Å². The molecule has 0 bridgehead atoms. The minimum atomic E-state index is 0.511. The van der Waals surface area contributed by atoms with Crippen LogP contribution in [-0.4, -0.2) is 21.2 Å². The van der Waals surface area contributed by atoms with Crippen LogP contribution in [0.15, 0.2) is 9.80 Å². The molecule has 2 aromatic heterocycles. The van der Waals surface area contributed by atoms with E-state index in [4.69, 9.17) is 4.42 Å². The SMILES string of the molecule is Cc1nc(-c2nnc(CNC3CC3)o2)cs1. The van der Waals surface area contributed by atoms with E-state index in [1.165, 1.54) is 12.8 Å². The number of nitrogens with one attached hydrogen (secondary N) is 1.